The van der Waals surface area contributed by atoms with Gasteiger partial charge in [0.25, 0.3) is 11.6 Å². The van der Waals surface area contributed by atoms with Crippen LogP contribution in [0, 0.1) is 10.1 Å². The van der Waals surface area contributed by atoms with Gasteiger partial charge in [-0.25, -0.2) is 4.79 Å². The number of esters is 1. The van der Waals surface area contributed by atoms with Crippen LogP contribution in [-0.4, -0.2) is 40.6 Å². The lowest BCUT2D eigenvalue weighted by Crippen LogP contribution is -2.38. The highest BCUT2D eigenvalue weighted by atomic mass is 35.5. The maximum atomic E-state index is 13.0. The second kappa shape index (κ2) is 9.51. The number of carbonyl (C=O) groups is 3. The second-order valence-corrected chi connectivity index (χ2v) is 8.72. The largest absolute Gasteiger partial charge is 0.452 e. The van der Waals surface area contributed by atoms with Crippen molar-refractivity contribution in [3.8, 4) is 0 Å². The predicted molar refractivity (Wildman–Crippen MR) is 122 cm³/mol. The third-order valence-electron chi connectivity index (χ3n) is 5.28. The summed E-state index contributed by atoms with van der Waals surface area (Å²) in [5.74, 6) is -1.75. The number of hydrogen-bond acceptors (Lipinski definition) is 7. The molecule has 0 fully saturated rings. The topological polar surface area (TPSA) is 107 Å². The Balaban J connectivity index is 1.47. The van der Waals surface area contributed by atoms with Crippen LogP contribution in [0.25, 0.3) is 0 Å². The molecular formula is C23H17ClN2O6S. The van der Waals surface area contributed by atoms with Gasteiger partial charge in [-0.05, 0) is 41.6 Å². The fourth-order valence-corrected chi connectivity index (χ4v) is 4.64. The molecule has 0 atom stereocenters. The molecule has 1 aromatic heterocycles. The summed E-state index contributed by atoms with van der Waals surface area (Å²) < 4.78 is 5.21. The molecule has 168 valence electrons. The number of nitro groups is 1. The van der Waals surface area contributed by atoms with E-state index in [1.165, 1.54) is 29.1 Å². The standard InChI is InChI=1S/C23H17ClN2O6S/c24-18-6-5-14(11-19(18)26(30)31)22(28)16-3-1-2-4-17(16)23(29)32-13-21(27)25-9-7-20-15(12-25)8-10-33-20/h1-6,8,10-11H,7,9,12-13H2. The Labute approximate surface area is 197 Å². The normalized spacial score (nSPS) is 12.7. The number of benzene rings is 2. The molecule has 0 saturated carbocycles. The Hall–Kier alpha value is -3.56. The van der Waals surface area contributed by atoms with E-state index in [1.54, 1.807) is 28.4 Å². The summed E-state index contributed by atoms with van der Waals surface area (Å²) in [6.07, 6.45) is 0.761. The van der Waals surface area contributed by atoms with Gasteiger partial charge in [0.05, 0.1) is 10.5 Å². The smallest absolute Gasteiger partial charge is 0.339 e. The fourth-order valence-electron chi connectivity index (χ4n) is 3.57. The number of carbonyl (C=O) groups excluding carboxylic acids is 3. The molecule has 0 unspecified atom stereocenters. The van der Waals surface area contributed by atoms with Crippen molar-refractivity contribution in [2.45, 2.75) is 13.0 Å². The van der Waals surface area contributed by atoms with Gasteiger partial charge in [0.1, 0.15) is 5.02 Å². The number of ether oxygens (including phenoxy) is 1. The highest BCUT2D eigenvalue weighted by Gasteiger charge is 2.25. The maximum absolute atomic E-state index is 13.0. The average molecular weight is 485 g/mol. The van der Waals surface area contributed by atoms with Gasteiger partial charge in [0.15, 0.2) is 12.4 Å². The number of nitro benzene ring substituents is 1. The molecule has 10 heteroatoms. The van der Waals surface area contributed by atoms with Crippen molar-refractivity contribution in [1.29, 1.82) is 0 Å². The van der Waals surface area contributed by atoms with Crippen LogP contribution in [0.5, 0.6) is 0 Å². The Morgan fingerprint density at radius 3 is 2.64 bits per heavy atom. The maximum Gasteiger partial charge on any atom is 0.339 e. The molecule has 1 aliphatic heterocycles. The number of nitrogens with zero attached hydrogens (tertiary/aromatic N) is 2. The lowest BCUT2D eigenvalue weighted by molar-refractivity contribution is -0.384. The molecule has 1 aliphatic rings. The second-order valence-electron chi connectivity index (χ2n) is 7.31. The Morgan fingerprint density at radius 2 is 1.88 bits per heavy atom. The molecule has 33 heavy (non-hydrogen) atoms. The minimum Gasteiger partial charge on any atom is -0.452 e. The lowest BCUT2D eigenvalue weighted by Gasteiger charge is -2.26. The van der Waals surface area contributed by atoms with Crippen LogP contribution in [-0.2, 0) is 22.5 Å². The van der Waals surface area contributed by atoms with E-state index in [0.29, 0.717) is 13.1 Å². The van der Waals surface area contributed by atoms with Gasteiger partial charge in [-0.2, -0.15) is 0 Å². The molecule has 0 N–H and O–H groups in total. The molecule has 8 nitrogen and oxygen atoms in total. The van der Waals surface area contributed by atoms with Crippen LogP contribution < -0.4 is 0 Å². The van der Waals surface area contributed by atoms with Gasteiger partial charge in [-0.3, -0.25) is 19.7 Å². The minimum absolute atomic E-state index is 0.00214. The van der Waals surface area contributed by atoms with Gasteiger partial charge in [-0.1, -0.05) is 29.8 Å². The van der Waals surface area contributed by atoms with Crippen molar-refractivity contribution in [2.75, 3.05) is 13.2 Å². The highest BCUT2D eigenvalue weighted by Crippen LogP contribution is 2.27. The summed E-state index contributed by atoms with van der Waals surface area (Å²) in [4.78, 5) is 51.6. The monoisotopic (exact) mass is 484 g/mol. The summed E-state index contributed by atoms with van der Waals surface area (Å²) in [5, 5.41) is 13.0. The van der Waals surface area contributed by atoms with Crippen molar-refractivity contribution in [1.82, 2.24) is 4.90 Å². The van der Waals surface area contributed by atoms with E-state index in [1.807, 2.05) is 11.4 Å². The van der Waals surface area contributed by atoms with E-state index in [9.17, 15) is 24.5 Å². The molecule has 2 heterocycles. The number of ketones is 1. The first kappa shape index (κ1) is 22.6. The minimum atomic E-state index is -0.830. The average Bonchev–Trinajstić information content (AvgIpc) is 3.30. The number of fused-ring (bicyclic) bond motifs is 1. The Bertz CT molecular complexity index is 1270. The van der Waals surface area contributed by atoms with Gasteiger partial charge in [0, 0.05) is 35.2 Å². The molecule has 4 rings (SSSR count). The molecule has 2 aromatic carbocycles. The first-order valence-corrected chi connectivity index (χ1v) is 11.2. The third kappa shape index (κ3) is 4.79. The Kier molecular flexibility index (Phi) is 6.52. The zero-order valence-electron chi connectivity index (χ0n) is 17.2. The molecule has 0 spiro atoms. The third-order valence-corrected chi connectivity index (χ3v) is 6.63. The van der Waals surface area contributed by atoms with Crippen molar-refractivity contribution in [3.63, 3.8) is 0 Å². The van der Waals surface area contributed by atoms with Crippen molar-refractivity contribution >= 4 is 46.3 Å². The number of rotatable bonds is 6. The van der Waals surface area contributed by atoms with E-state index in [2.05, 4.69) is 0 Å². The molecule has 0 aliphatic carbocycles. The van der Waals surface area contributed by atoms with Crippen LogP contribution in [0.1, 0.15) is 36.7 Å². The van der Waals surface area contributed by atoms with Gasteiger partial charge in [0.2, 0.25) is 0 Å². The molecule has 3 aromatic rings. The van der Waals surface area contributed by atoms with Crippen molar-refractivity contribution in [3.05, 3.63) is 96.2 Å². The summed E-state index contributed by atoms with van der Waals surface area (Å²) in [5.41, 5.74) is 0.656. The first-order valence-electron chi connectivity index (χ1n) is 9.93. The zero-order chi connectivity index (χ0) is 23.5. The van der Waals surface area contributed by atoms with E-state index in [4.69, 9.17) is 16.3 Å². The van der Waals surface area contributed by atoms with Crippen LogP contribution >= 0.6 is 22.9 Å². The van der Waals surface area contributed by atoms with E-state index in [0.717, 1.165) is 18.1 Å². The van der Waals surface area contributed by atoms with Crippen molar-refractivity contribution < 1.29 is 24.0 Å². The number of amides is 1. The van der Waals surface area contributed by atoms with Crippen molar-refractivity contribution in [2.24, 2.45) is 0 Å². The lowest BCUT2D eigenvalue weighted by atomic mass is 9.98. The van der Waals surface area contributed by atoms with Gasteiger partial charge in [-0.15, -0.1) is 11.3 Å². The first-order chi connectivity index (χ1) is 15.8. The van der Waals surface area contributed by atoms with Crippen LogP contribution in [0.15, 0.2) is 53.9 Å². The number of thiophene rings is 1. The van der Waals surface area contributed by atoms with Crippen LogP contribution in [0.2, 0.25) is 5.02 Å². The SMILES string of the molecule is O=C(OCC(=O)N1CCc2sccc2C1)c1ccccc1C(=O)c1ccc(Cl)c([N+](=O)[O-])c1. The summed E-state index contributed by atoms with van der Waals surface area (Å²) in [7, 11) is 0. The predicted octanol–water partition coefficient (Wildman–Crippen LogP) is 4.28. The van der Waals surface area contributed by atoms with Crippen LogP contribution in [0.4, 0.5) is 5.69 Å². The summed E-state index contributed by atoms with van der Waals surface area (Å²) >= 11 is 7.48. The molecular weight excluding hydrogens is 468 g/mol. The van der Waals surface area contributed by atoms with E-state index in [-0.39, 0.29) is 27.6 Å². The van der Waals surface area contributed by atoms with Gasteiger partial charge >= 0.3 is 5.97 Å². The Morgan fingerprint density at radius 1 is 1.12 bits per heavy atom. The van der Waals surface area contributed by atoms with E-state index < -0.39 is 29.0 Å². The summed E-state index contributed by atoms with van der Waals surface area (Å²) in [6.45, 7) is 0.571. The molecule has 0 bridgehead atoms. The molecule has 1 amide bonds. The number of hydrogen-bond donors (Lipinski definition) is 0. The highest BCUT2D eigenvalue weighted by molar-refractivity contribution is 7.10. The zero-order valence-corrected chi connectivity index (χ0v) is 18.7. The molecule has 0 radical (unpaired) electrons. The van der Waals surface area contributed by atoms with E-state index >= 15 is 0 Å². The fraction of sp³-hybridized carbons (Fsp3) is 0.174. The summed E-state index contributed by atoms with van der Waals surface area (Å²) in [6, 6.07) is 11.6. The quantitative estimate of drug-likeness (QED) is 0.224. The molecule has 0 saturated heterocycles. The number of halogens is 1. The van der Waals surface area contributed by atoms with Crippen LogP contribution in [0.3, 0.4) is 0 Å². The van der Waals surface area contributed by atoms with Gasteiger partial charge < -0.3 is 9.64 Å².